The van der Waals surface area contributed by atoms with Crippen molar-refractivity contribution >= 4 is 34.3 Å². The second-order valence-electron chi connectivity index (χ2n) is 8.06. The molecule has 196 valence electrons. The van der Waals surface area contributed by atoms with E-state index in [-0.39, 0.29) is 41.7 Å². The van der Waals surface area contributed by atoms with Crippen molar-refractivity contribution in [3.8, 4) is 0 Å². The Morgan fingerprint density at radius 2 is 1.94 bits per heavy atom. The third-order valence-electron chi connectivity index (χ3n) is 5.10. The summed E-state index contributed by atoms with van der Waals surface area (Å²) in [5.41, 5.74) is 10.6. The van der Waals surface area contributed by atoms with Gasteiger partial charge >= 0.3 is 5.97 Å². The Kier molecular flexibility index (Phi) is 12.3. The lowest BCUT2D eigenvalue weighted by Gasteiger charge is -2.10. The van der Waals surface area contributed by atoms with Crippen LogP contribution in [0, 0.1) is 19.7 Å². The lowest BCUT2D eigenvalue weighted by molar-refractivity contribution is -0.142. The Morgan fingerprint density at radius 1 is 1.17 bits per heavy atom. The summed E-state index contributed by atoms with van der Waals surface area (Å²) < 4.78 is 31.2. The molecule has 0 spiro atoms. The van der Waals surface area contributed by atoms with Crippen molar-refractivity contribution in [3.63, 3.8) is 0 Å². The number of nitrogens with zero attached hydrogens (tertiary/aromatic N) is 2. The van der Waals surface area contributed by atoms with E-state index in [1.54, 1.807) is 5.64 Å². The molecule has 12 heteroatoms. The number of esters is 1. The summed E-state index contributed by atoms with van der Waals surface area (Å²) in [5, 5.41) is 13.6. The molecule has 2 aromatic carbocycles. The molecule has 0 aliphatic rings. The summed E-state index contributed by atoms with van der Waals surface area (Å²) in [6.45, 7) is 3.98. The fourth-order valence-corrected chi connectivity index (χ4v) is 3.62. The van der Waals surface area contributed by atoms with Crippen molar-refractivity contribution in [2.45, 2.75) is 50.8 Å². The summed E-state index contributed by atoms with van der Waals surface area (Å²) in [6, 6.07) is 9.78. The van der Waals surface area contributed by atoms with E-state index in [1.807, 2.05) is 32.0 Å². The molecule has 2 rings (SSSR count). The van der Waals surface area contributed by atoms with Gasteiger partial charge in [0.1, 0.15) is 40.8 Å². The van der Waals surface area contributed by atoms with Crippen LogP contribution in [0.2, 0.25) is 0 Å². The van der Waals surface area contributed by atoms with Gasteiger partial charge in [0.15, 0.2) is 0 Å². The van der Waals surface area contributed by atoms with Crippen LogP contribution >= 0.6 is 0 Å². The third-order valence-corrected chi connectivity index (χ3v) is 5.82. The molecule has 0 bridgehead atoms. The minimum Gasteiger partial charge on any atom is -0.458 e. The monoisotopic (exact) mass is 521 g/mol. The minimum absolute atomic E-state index is 0.00918. The van der Waals surface area contributed by atoms with Gasteiger partial charge < -0.3 is 10.5 Å². The summed E-state index contributed by atoms with van der Waals surface area (Å²) in [5.74, 6) is -0.908. The van der Waals surface area contributed by atoms with Crippen molar-refractivity contribution in [1.82, 2.24) is 5.64 Å². The topological polar surface area (TPSA) is 162 Å². The fraction of sp³-hybridized carbons (Fsp3) is 0.375. The molecule has 0 amide bonds. The number of benzene rings is 2. The number of aliphatic imine (C=N–C) groups is 2. The van der Waals surface area contributed by atoms with Gasteiger partial charge in [-0.15, -0.1) is 0 Å². The molecule has 36 heavy (non-hydrogen) atoms. The molecule has 0 aliphatic carbocycles. The molecule has 0 fully saturated rings. The molecule has 0 heterocycles. The zero-order valence-corrected chi connectivity index (χ0v) is 21.1. The largest absolute Gasteiger partial charge is 0.458 e. The predicted octanol–water partition coefficient (Wildman–Crippen LogP) is 3.07. The fourth-order valence-electron chi connectivity index (χ4n) is 3.20. The second kappa shape index (κ2) is 15.2. The number of hydrogen-bond donors (Lipinski definition) is 4. The summed E-state index contributed by atoms with van der Waals surface area (Å²) >= 11 is 0. The first-order valence-electron chi connectivity index (χ1n) is 11.3. The zero-order chi connectivity index (χ0) is 26.5. The average molecular weight is 522 g/mol. The number of unbranched alkanes of at least 4 members (excludes halogenated alkanes) is 2. The summed E-state index contributed by atoms with van der Waals surface area (Å²) in [4.78, 5) is 25.3. The van der Waals surface area contributed by atoms with Gasteiger partial charge in [0.05, 0.1) is 11.5 Å². The van der Waals surface area contributed by atoms with Crippen LogP contribution in [0.4, 0.5) is 10.1 Å². The molecule has 0 saturated heterocycles. The number of carbonyl (C=O) groups is 1. The molecule has 1 unspecified atom stereocenters. The molecule has 10 nitrogen and oxygen atoms in total. The van der Waals surface area contributed by atoms with Crippen LogP contribution in [0.25, 0.3) is 0 Å². The molecule has 1 atom stereocenters. The third kappa shape index (κ3) is 10.3. The van der Waals surface area contributed by atoms with Gasteiger partial charge in [0, 0.05) is 12.8 Å². The van der Waals surface area contributed by atoms with E-state index in [2.05, 4.69) is 14.8 Å². The van der Waals surface area contributed by atoms with Gasteiger partial charge in [-0.1, -0.05) is 35.8 Å². The van der Waals surface area contributed by atoms with Crippen LogP contribution in [-0.4, -0.2) is 40.3 Å². The maximum atomic E-state index is 14.6. The number of carbonyl (C=O) groups excluding carboxylic acids is 1. The molecule has 2 aromatic rings. The molecule has 0 aromatic heterocycles. The van der Waals surface area contributed by atoms with Gasteiger partial charge in [0.2, 0.25) is 0 Å². The van der Waals surface area contributed by atoms with Gasteiger partial charge in [0.25, 0.3) is 0 Å². The van der Waals surface area contributed by atoms with E-state index in [4.69, 9.17) is 20.8 Å². The van der Waals surface area contributed by atoms with Crippen LogP contribution in [0.1, 0.15) is 42.4 Å². The number of hydrogen-bond acceptors (Lipinski definition) is 7. The van der Waals surface area contributed by atoms with E-state index in [0.717, 1.165) is 29.2 Å². The van der Waals surface area contributed by atoms with Crippen LogP contribution in [0.5, 0.6) is 0 Å². The number of rotatable bonds is 13. The number of amidine groups is 2. The Balaban J connectivity index is 2.14. The number of halogens is 1. The molecule has 0 radical (unpaired) electrons. The van der Waals surface area contributed by atoms with Crippen molar-refractivity contribution in [2.75, 3.05) is 13.2 Å². The van der Waals surface area contributed by atoms with Gasteiger partial charge in [-0.05, 0) is 56.0 Å². The lowest BCUT2D eigenvalue weighted by atomic mass is 10.0. The SMILES string of the molecule is Cc1ccc(C)c(CC(N=C(N)COC(=O)CCCCCONO)=Nc2ccc(S(N)=O)cc2F)c1. The average Bonchev–Trinajstić information content (AvgIpc) is 2.83. The van der Waals surface area contributed by atoms with Crippen molar-refractivity contribution in [3.05, 3.63) is 58.9 Å². The van der Waals surface area contributed by atoms with Crippen molar-refractivity contribution in [1.29, 1.82) is 0 Å². The first kappa shape index (κ1) is 29.2. The standard InChI is InChI=1S/C24H32FN5O5S/c1-16-7-8-17(2)18(12-16)13-23(28-21-10-9-19(36(27)33)14-20(21)25)29-22(26)15-34-24(31)6-4-3-5-11-35-30-32/h7-10,12,14,30,32H,3-6,11,13,15,27H2,1-2H3,(H2,26,28,29). The van der Waals surface area contributed by atoms with Gasteiger partial charge in [-0.2, -0.15) is 0 Å². The van der Waals surface area contributed by atoms with Gasteiger partial charge in [-0.3, -0.25) is 14.8 Å². The maximum Gasteiger partial charge on any atom is 0.306 e. The quantitative estimate of drug-likeness (QED) is 0.103. The first-order valence-corrected chi connectivity index (χ1v) is 12.5. The molecule has 0 aliphatic heterocycles. The highest BCUT2D eigenvalue weighted by atomic mass is 32.2. The van der Waals surface area contributed by atoms with Crippen LogP contribution in [0.3, 0.4) is 0 Å². The minimum atomic E-state index is -1.82. The van der Waals surface area contributed by atoms with Crippen molar-refractivity contribution in [2.24, 2.45) is 20.9 Å². The first-order chi connectivity index (χ1) is 17.2. The summed E-state index contributed by atoms with van der Waals surface area (Å²) in [7, 11) is -1.82. The van der Waals surface area contributed by atoms with Crippen LogP contribution in [-0.2, 0) is 31.8 Å². The highest BCUT2D eigenvalue weighted by Crippen LogP contribution is 2.22. The molecule has 6 N–H and O–H groups in total. The number of aryl methyl sites for hydroxylation is 2. The van der Waals surface area contributed by atoms with Crippen LogP contribution in [0.15, 0.2) is 51.3 Å². The van der Waals surface area contributed by atoms with E-state index in [0.29, 0.717) is 19.4 Å². The zero-order valence-electron chi connectivity index (χ0n) is 20.3. The number of nitrogens with two attached hydrogens (primary N) is 2. The number of ether oxygens (including phenoxy) is 1. The van der Waals surface area contributed by atoms with E-state index >= 15 is 0 Å². The Hall–Kier alpha value is -3.03. The smallest absolute Gasteiger partial charge is 0.306 e. The lowest BCUT2D eigenvalue weighted by Crippen LogP contribution is -2.23. The summed E-state index contributed by atoms with van der Waals surface area (Å²) in [6.07, 6.45) is 2.43. The molecular formula is C24H32FN5O5S. The van der Waals surface area contributed by atoms with E-state index < -0.39 is 22.8 Å². The van der Waals surface area contributed by atoms with E-state index in [1.165, 1.54) is 12.1 Å². The predicted molar refractivity (Wildman–Crippen MR) is 136 cm³/mol. The highest BCUT2D eigenvalue weighted by Gasteiger charge is 2.11. The maximum absolute atomic E-state index is 14.6. The Bertz CT molecular complexity index is 1130. The molecule has 0 saturated carbocycles. The van der Waals surface area contributed by atoms with Gasteiger partial charge in [-0.25, -0.2) is 23.7 Å². The number of nitrogens with one attached hydrogen (secondary N) is 1. The Labute approximate surface area is 212 Å². The van der Waals surface area contributed by atoms with Crippen LogP contribution < -0.4 is 16.5 Å². The Morgan fingerprint density at radius 3 is 2.64 bits per heavy atom. The second-order valence-corrected chi connectivity index (χ2v) is 9.13. The van der Waals surface area contributed by atoms with E-state index in [9.17, 15) is 13.4 Å². The van der Waals surface area contributed by atoms with Crippen molar-refractivity contribution < 1.29 is 28.2 Å². The normalized spacial score (nSPS) is 13.0. The highest BCUT2D eigenvalue weighted by molar-refractivity contribution is 7.82. The molecular weight excluding hydrogens is 489 g/mol.